The highest BCUT2D eigenvalue weighted by molar-refractivity contribution is 14.1. The SMILES string of the molecule is O=S(=O)(Cl)c1cn(Cc2ccc(I)cc2)c2ccccc12. The molecule has 0 N–H and O–H groups in total. The van der Waals surface area contributed by atoms with Crippen LogP contribution in [0.5, 0.6) is 0 Å². The molecule has 0 amide bonds. The van der Waals surface area contributed by atoms with Crippen molar-refractivity contribution in [2.75, 3.05) is 0 Å². The van der Waals surface area contributed by atoms with Crippen LogP contribution in [0.3, 0.4) is 0 Å². The maximum atomic E-state index is 11.7. The number of fused-ring (bicyclic) bond motifs is 1. The molecule has 2 aromatic carbocycles. The molecule has 108 valence electrons. The topological polar surface area (TPSA) is 39.1 Å². The van der Waals surface area contributed by atoms with E-state index in [1.807, 2.05) is 47.0 Å². The normalized spacial score (nSPS) is 11.9. The van der Waals surface area contributed by atoms with Gasteiger partial charge in [0.25, 0.3) is 9.05 Å². The van der Waals surface area contributed by atoms with Gasteiger partial charge in [0.1, 0.15) is 4.90 Å². The van der Waals surface area contributed by atoms with E-state index >= 15 is 0 Å². The van der Waals surface area contributed by atoms with Gasteiger partial charge in [-0.2, -0.15) is 0 Å². The number of nitrogens with zero attached hydrogens (tertiary/aromatic N) is 1. The molecule has 0 saturated heterocycles. The molecule has 21 heavy (non-hydrogen) atoms. The van der Waals surface area contributed by atoms with Crippen molar-refractivity contribution >= 4 is 53.2 Å². The molecule has 3 nitrogen and oxygen atoms in total. The monoisotopic (exact) mass is 431 g/mol. The molecule has 0 radical (unpaired) electrons. The van der Waals surface area contributed by atoms with Gasteiger partial charge in [0, 0.05) is 37.9 Å². The smallest absolute Gasteiger partial charge is 0.263 e. The van der Waals surface area contributed by atoms with Crippen molar-refractivity contribution in [3.05, 3.63) is 63.9 Å². The standard InChI is InChI=1S/C15H11ClINO2S/c16-21(19,20)15-10-18(14-4-2-1-3-13(14)15)9-11-5-7-12(17)8-6-11/h1-8,10H,9H2. The van der Waals surface area contributed by atoms with Crippen LogP contribution < -0.4 is 0 Å². The lowest BCUT2D eigenvalue weighted by Gasteiger charge is -2.05. The molecule has 0 fully saturated rings. The lowest BCUT2D eigenvalue weighted by Crippen LogP contribution is -1.98. The molecule has 0 bridgehead atoms. The minimum atomic E-state index is -3.76. The van der Waals surface area contributed by atoms with Gasteiger partial charge in [-0.25, -0.2) is 8.42 Å². The molecule has 0 aliphatic carbocycles. The maximum absolute atomic E-state index is 11.7. The molecule has 0 saturated carbocycles. The molecule has 0 spiro atoms. The van der Waals surface area contributed by atoms with Gasteiger partial charge < -0.3 is 4.57 Å². The Kier molecular flexibility index (Phi) is 3.98. The van der Waals surface area contributed by atoms with Crippen LogP contribution in [0, 0.1) is 3.57 Å². The fourth-order valence-corrected chi connectivity index (χ4v) is 3.74. The van der Waals surface area contributed by atoms with Crippen LogP contribution in [-0.4, -0.2) is 13.0 Å². The van der Waals surface area contributed by atoms with Crippen LogP contribution in [0.2, 0.25) is 0 Å². The molecule has 0 unspecified atom stereocenters. The van der Waals surface area contributed by atoms with Gasteiger partial charge in [-0.05, 0) is 46.4 Å². The number of para-hydroxylation sites is 1. The minimum Gasteiger partial charge on any atom is -0.342 e. The fraction of sp³-hybridized carbons (Fsp3) is 0.0667. The summed E-state index contributed by atoms with van der Waals surface area (Å²) >= 11 is 2.25. The van der Waals surface area contributed by atoms with Crippen molar-refractivity contribution in [3.63, 3.8) is 0 Å². The van der Waals surface area contributed by atoms with Crippen molar-refractivity contribution in [2.45, 2.75) is 11.4 Å². The summed E-state index contributed by atoms with van der Waals surface area (Å²) in [6, 6.07) is 15.5. The number of halogens is 2. The molecule has 3 aromatic rings. The Morgan fingerprint density at radius 3 is 2.38 bits per heavy atom. The largest absolute Gasteiger partial charge is 0.342 e. The van der Waals surface area contributed by atoms with E-state index < -0.39 is 9.05 Å². The lowest BCUT2D eigenvalue weighted by atomic mass is 10.2. The van der Waals surface area contributed by atoms with E-state index in [-0.39, 0.29) is 4.90 Å². The first-order valence-electron chi connectivity index (χ1n) is 6.22. The summed E-state index contributed by atoms with van der Waals surface area (Å²) in [7, 11) is 1.78. The second kappa shape index (κ2) is 5.62. The Morgan fingerprint density at radius 2 is 1.71 bits per heavy atom. The van der Waals surface area contributed by atoms with Crippen molar-refractivity contribution in [2.24, 2.45) is 0 Å². The average molecular weight is 432 g/mol. The zero-order valence-corrected chi connectivity index (χ0v) is 14.6. The molecule has 0 aliphatic heterocycles. The molecule has 1 heterocycles. The van der Waals surface area contributed by atoms with Gasteiger partial charge in [0.2, 0.25) is 0 Å². The Hall–Kier alpha value is -1.05. The van der Waals surface area contributed by atoms with Gasteiger partial charge in [0.15, 0.2) is 0 Å². The molecule has 3 rings (SSSR count). The van der Waals surface area contributed by atoms with Crippen LogP contribution in [0.15, 0.2) is 59.6 Å². The highest BCUT2D eigenvalue weighted by atomic mass is 127. The third-order valence-electron chi connectivity index (χ3n) is 3.28. The van der Waals surface area contributed by atoms with Crippen molar-refractivity contribution in [1.82, 2.24) is 4.57 Å². The quantitative estimate of drug-likeness (QED) is 0.460. The summed E-state index contributed by atoms with van der Waals surface area (Å²) < 4.78 is 26.5. The van der Waals surface area contributed by atoms with Gasteiger partial charge in [-0.3, -0.25) is 0 Å². The van der Waals surface area contributed by atoms with Crippen LogP contribution in [-0.2, 0) is 15.6 Å². The van der Waals surface area contributed by atoms with Crippen molar-refractivity contribution in [3.8, 4) is 0 Å². The molecule has 0 aliphatic rings. The predicted molar refractivity (Wildman–Crippen MR) is 93.2 cm³/mol. The zero-order valence-electron chi connectivity index (χ0n) is 10.8. The summed E-state index contributed by atoms with van der Waals surface area (Å²) in [6.45, 7) is 0.601. The van der Waals surface area contributed by atoms with Crippen molar-refractivity contribution < 1.29 is 8.42 Å². The van der Waals surface area contributed by atoms with Gasteiger partial charge in [-0.1, -0.05) is 30.3 Å². The van der Waals surface area contributed by atoms with E-state index in [0.717, 1.165) is 14.7 Å². The van der Waals surface area contributed by atoms with E-state index in [1.165, 1.54) is 0 Å². The number of rotatable bonds is 3. The van der Waals surface area contributed by atoms with E-state index in [2.05, 4.69) is 22.6 Å². The second-order valence-electron chi connectivity index (χ2n) is 4.70. The molecular formula is C15H11ClINO2S. The first kappa shape index (κ1) is 14.9. The highest BCUT2D eigenvalue weighted by Gasteiger charge is 2.18. The number of hydrogen-bond acceptors (Lipinski definition) is 2. The summed E-state index contributed by atoms with van der Waals surface area (Å²) in [5.74, 6) is 0. The maximum Gasteiger partial charge on any atom is 0.263 e. The third-order valence-corrected chi connectivity index (χ3v) is 5.35. The summed E-state index contributed by atoms with van der Waals surface area (Å²) in [6.07, 6.45) is 1.60. The summed E-state index contributed by atoms with van der Waals surface area (Å²) in [5, 5.41) is 0.651. The molecular weight excluding hydrogens is 421 g/mol. The highest BCUT2D eigenvalue weighted by Crippen LogP contribution is 2.28. The molecule has 0 atom stereocenters. The fourth-order valence-electron chi connectivity index (χ4n) is 2.32. The number of aromatic nitrogens is 1. The zero-order chi connectivity index (χ0) is 15.0. The van der Waals surface area contributed by atoms with Gasteiger partial charge >= 0.3 is 0 Å². The third kappa shape index (κ3) is 3.09. The minimum absolute atomic E-state index is 0.158. The molecule has 6 heteroatoms. The Balaban J connectivity index is 2.13. The molecule has 1 aromatic heterocycles. The Bertz CT molecular complexity index is 901. The predicted octanol–water partition coefficient (Wildman–Crippen LogP) is 4.22. The first-order chi connectivity index (χ1) is 9.95. The van der Waals surface area contributed by atoms with Crippen LogP contribution in [0.4, 0.5) is 0 Å². The average Bonchev–Trinajstić information content (AvgIpc) is 2.81. The van der Waals surface area contributed by atoms with E-state index in [0.29, 0.717) is 11.9 Å². The van der Waals surface area contributed by atoms with Crippen molar-refractivity contribution in [1.29, 1.82) is 0 Å². The first-order valence-corrected chi connectivity index (χ1v) is 9.61. The number of hydrogen-bond donors (Lipinski definition) is 0. The van der Waals surface area contributed by atoms with Crippen LogP contribution >= 0.6 is 33.3 Å². The van der Waals surface area contributed by atoms with E-state index in [9.17, 15) is 8.42 Å². The van der Waals surface area contributed by atoms with E-state index in [1.54, 1.807) is 12.3 Å². The second-order valence-corrected chi connectivity index (χ2v) is 8.48. The Labute approximate surface area is 141 Å². The summed E-state index contributed by atoms with van der Waals surface area (Å²) in [4.78, 5) is 0.158. The van der Waals surface area contributed by atoms with Crippen LogP contribution in [0.1, 0.15) is 5.56 Å². The lowest BCUT2D eigenvalue weighted by molar-refractivity contribution is 0.610. The number of benzene rings is 2. The van der Waals surface area contributed by atoms with Crippen LogP contribution in [0.25, 0.3) is 10.9 Å². The Morgan fingerprint density at radius 1 is 1.05 bits per heavy atom. The van der Waals surface area contributed by atoms with E-state index in [4.69, 9.17) is 10.7 Å². The van der Waals surface area contributed by atoms with Gasteiger partial charge in [0.05, 0.1) is 0 Å². The van der Waals surface area contributed by atoms with Gasteiger partial charge in [-0.15, -0.1) is 0 Å². The summed E-state index contributed by atoms with van der Waals surface area (Å²) in [5.41, 5.74) is 1.96.